The van der Waals surface area contributed by atoms with Crippen molar-refractivity contribution in [3.8, 4) is 0 Å². The molecule has 0 aromatic rings. The molecule has 0 bridgehead atoms. The van der Waals surface area contributed by atoms with Crippen molar-refractivity contribution in [3.63, 3.8) is 0 Å². The van der Waals surface area contributed by atoms with Gasteiger partial charge in [-0.25, -0.2) is 0 Å². The SMILES string of the molecule is CCCCC/C=C\CC1OC1CCCCCCCC(=O)OC[C@@H](O)COC(=O)CCCCCCCCCCCCCCC. The summed E-state index contributed by atoms with van der Waals surface area (Å²) in [6, 6.07) is 0. The Balaban J connectivity index is 1.82. The Morgan fingerprint density at radius 3 is 1.56 bits per heavy atom. The predicted molar refractivity (Wildman–Crippen MR) is 177 cm³/mol. The summed E-state index contributed by atoms with van der Waals surface area (Å²) >= 11 is 0. The molecule has 6 nitrogen and oxygen atoms in total. The summed E-state index contributed by atoms with van der Waals surface area (Å²) in [6.07, 6.45) is 34.2. The molecule has 0 amide bonds. The lowest BCUT2D eigenvalue weighted by Crippen LogP contribution is -2.25. The van der Waals surface area contributed by atoms with Gasteiger partial charge in [0, 0.05) is 12.8 Å². The normalized spacial score (nSPS) is 16.9. The van der Waals surface area contributed by atoms with Crippen LogP contribution in [0.25, 0.3) is 0 Å². The molecule has 0 spiro atoms. The molecule has 1 aliphatic heterocycles. The standard InChI is InChI=1S/C37H68O6/c1-3-5-7-9-11-12-13-14-15-16-17-21-25-29-36(39)41-31-33(38)32-42-37(40)30-26-22-18-20-24-28-35-34(43-35)27-23-19-10-8-6-4-2/h19,23,33-35,38H,3-18,20-22,24-32H2,1-2H3/b23-19-/t33-,34?,35?/m0/s1. The predicted octanol–water partition coefficient (Wildman–Crippen LogP) is 9.94. The van der Waals surface area contributed by atoms with Gasteiger partial charge in [0.1, 0.15) is 19.3 Å². The summed E-state index contributed by atoms with van der Waals surface area (Å²) in [4.78, 5) is 23.9. The van der Waals surface area contributed by atoms with Crippen LogP contribution in [0.3, 0.4) is 0 Å². The first-order valence-electron chi connectivity index (χ1n) is 18.4. The molecule has 0 aliphatic carbocycles. The second kappa shape index (κ2) is 29.3. The fraction of sp³-hybridized carbons (Fsp3) is 0.892. The Labute approximate surface area is 265 Å². The van der Waals surface area contributed by atoms with Crippen LogP contribution in [0.5, 0.6) is 0 Å². The van der Waals surface area contributed by atoms with Crippen LogP contribution >= 0.6 is 0 Å². The number of esters is 2. The van der Waals surface area contributed by atoms with E-state index in [4.69, 9.17) is 14.2 Å². The molecule has 0 radical (unpaired) electrons. The van der Waals surface area contributed by atoms with E-state index in [1.807, 2.05) is 0 Å². The molecular weight excluding hydrogens is 540 g/mol. The first kappa shape index (κ1) is 39.6. The van der Waals surface area contributed by atoms with Gasteiger partial charge in [0.25, 0.3) is 0 Å². The number of hydrogen-bond donors (Lipinski definition) is 1. The van der Waals surface area contributed by atoms with E-state index in [1.54, 1.807) is 0 Å². The van der Waals surface area contributed by atoms with E-state index in [0.717, 1.165) is 57.8 Å². The number of carbonyl (C=O) groups is 2. The number of carbonyl (C=O) groups excluding carboxylic acids is 2. The number of epoxide rings is 1. The number of hydrogen-bond acceptors (Lipinski definition) is 6. The maximum atomic E-state index is 12.0. The number of rotatable bonds is 32. The van der Waals surface area contributed by atoms with Gasteiger partial charge in [0.2, 0.25) is 0 Å². The van der Waals surface area contributed by atoms with Crippen molar-refractivity contribution < 1.29 is 28.9 Å². The molecule has 0 aromatic heterocycles. The van der Waals surface area contributed by atoms with Gasteiger partial charge >= 0.3 is 11.9 Å². The Morgan fingerprint density at radius 2 is 1.05 bits per heavy atom. The van der Waals surface area contributed by atoms with Crippen molar-refractivity contribution in [2.45, 2.75) is 199 Å². The van der Waals surface area contributed by atoms with E-state index in [2.05, 4.69) is 26.0 Å². The molecule has 0 aromatic carbocycles. The number of ether oxygens (including phenoxy) is 3. The Morgan fingerprint density at radius 1 is 0.605 bits per heavy atom. The third-order valence-electron chi connectivity index (χ3n) is 8.42. The Kier molecular flexibility index (Phi) is 27.0. The van der Waals surface area contributed by atoms with Gasteiger partial charge in [0.05, 0.1) is 12.2 Å². The van der Waals surface area contributed by atoms with Crippen molar-refractivity contribution in [1.82, 2.24) is 0 Å². The van der Waals surface area contributed by atoms with Crippen molar-refractivity contribution in [3.05, 3.63) is 12.2 Å². The van der Waals surface area contributed by atoms with Crippen LogP contribution in [0, 0.1) is 0 Å². The molecule has 6 heteroatoms. The molecule has 43 heavy (non-hydrogen) atoms. The summed E-state index contributed by atoms with van der Waals surface area (Å²) in [5, 5.41) is 9.99. The molecular formula is C37H68O6. The number of aliphatic hydroxyl groups is 1. The monoisotopic (exact) mass is 609 g/mol. The topological polar surface area (TPSA) is 85.4 Å². The number of unbranched alkanes of at least 4 members (excludes halogenated alkanes) is 19. The molecule has 1 fully saturated rings. The maximum absolute atomic E-state index is 12.0. The van der Waals surface area contributed by atoms with Gasteiger partial charge < -0.3 is 19.3 Å². The van der Waals surface area contributed by atoms with Crippen LogP contribution in [-0.2, 0) is 23.8 Å². The lowest BCUT2D eigenvalue weighted by Gasteiger charge is -2.12. The lowest BCUT2D eigenvalue weighted by molar-refractivity contribution is -0.152. The van der Waals surface area contributed by atoms with Gasteiger partial charge in [-0.05, 0) is 38.5 Å². The van der Waals surface area contributed by atoms with Crippen LogP contribution in [0.1, 0.15) is 181 Å². The van der Waals surface area contributed by atoms with Crippen molar-refractivity contribution in [2.24, 2.45) is 0 Å². The summed E-state index contributed by atoms with van der Waals surface area (Å²) < 4.78 is 16.1. The molecule has 1 saturated heterocycles. The zero-order valence-electron chi connectivity index (χ0n) is 28.2. The minimum absolute atomic E-state index is 0.120. The summed E-state index contributed by atoms with van der Waals surface area (Å²) in [6.45, 7) is 4.25. The molecule has 1 rings (SSSR count). The quantitative estimate of drug-likeness (QED) is 0.0354. The van der Waals surface area contributed by atoms with Crippen molar-refractivity contribution >= 4 is 11.9 Å². The summed E-state index contributed by atoms with van der Waals surface area (Å²) in [5.74, 6) is -0.582. The van der Waals surface area contributed by atoms with Crippen LogP contribution in [0.15, 0.2) is 12.2 Å². The highest BCUT2D eigenvalue weighted by Gasteiger charge is 2.36. The van der Waals surface area contributed by atoms with Crippen LogP contribution in [0.4, 0.5) is 0 Å². The zero-order valence-corrected chi connectivity index (χ0v) is 28.2. The smallest absolute Gasteiger partial charge is 0.305 e. The largest absolute Gasteiger partial charge is 0.463 e. The molecule has 1 N–H and O–H groups in total. The Bertz CT molecular complexity index is 678. The van der Waals surface area contributed by atoms with Gasteiger partial charge in [-0.1, -0.05) is 142 Å². The molecule has 3 atom stereocenters. The average molecular weight is 609 g/mol. The van der Waals surface area contributed by atoms with Crippen molar-refractivity contribution in [1.29, 1.82) is 0 Å². The first-order chi connectivity index (χ1) is 21.1. The fourth-order valence-corrected chi connectivity index (χ4v) is 5.50. The van der Waals surface area contributed by atoms with Crippen LogP contribution in [-0.4, -0.2) is 48.6 Å². The van der Waals surface area contributed by atoms with Gasteiger partial charge in [-0.2, -0.15) is 0 Å². The van der Waals surface area contributed by atoms with E-state index >= 15 is 0 Å². The van der Waals surface area contributed by atoms with E-state index in [0.29, 0.717) is 25.0 Å². The molecule has 2 unspecified atom stereocenters. The molecule has 1 heterocycles. The second-order valence-electron chi connectivity index (χ2n) is 12.7. The first-order valence-corrected chi connectivity index (χ1v) is 18.4. The molecule has 0 saturated carbocycles. The third-order valence-corrected chi connectivity index (χ3v) is 8.42. The fourth-order valence-electron chi connectivity index (χ4n) is 5.50. The molecule has 1 aliphatic rings. The maximum Gasteiger partial charge on any atom is 0.305 e. The average Bonchev–Trinajstić information content (AvgIpc) is 3.76. The highest BCUT2D eigenvalue weighted by Crippen LogP contribution is 2.30. The minimum atomic E-state index is -0.968. The van der Waals surface area contributed by atoms with Gasteiger partial charge in [-0.3, -0.25) is 9.59 Å². The number of allylic oxidation sites excluding steroid dienone is 1. The van der Waals surface area contributed by atoms with Crippen molar-refractivity contribution in [2.75, 3.05) is 13.2 Å². The second-order valence-corrected chi connectivity index (χ2v) is 12.7. The minimum Gasteiger partial charge on any atom is -0.463 e. The van der Waals surface area contributed by atoms with Gasteiger partial charge in [0.15, 0.2) is 0 Å². The van der Waals surface area contributed by atoms with Crippen LogP contribution in [0.2, 0.25) is 0 Å². The third kappa shape index (κ3) is 26.7. The molecule has 252 valence electrons. The lowest BCUT2D eigenvalue weighted by atomic mass is 10.0. The highest BCUT2D eigenvalue weighted by molar-refractivity contribution is 5.69. The van der Waals surface area contributed by atoms with E-state index in [-0.39, 0.29) is 25.2 Å². The summed E-state index contributed by atoms with van der Waals surface area (Å²) in [5.41, 5.74) is 0. The highest BCUT2D eigenvalue weighted by atomic mass is 16.6. The van der Waals surface area contributed by atoms with Gasteiger partial charge in [-0.15, -0.1) is 0 Å². The van der Waals surface area contributed by atoms with E-state index in [1.165, 1.54) is 96.3 Å². The number of aliphatic hydroxyl groups excluding tert-OH is 1. The van der Waals surface area contributed by atoms with E-state index < -0.39 is 6.10 Å². The van der Waals surface area contributed by atoms with E-state index in [9.17, 15) is 14.7 Å². The van der Waals surface area contributed by atoms with Crippen LogP contribution < -0.4 is 0 Å². The zero-order chi connectivity index (χ0) is 31.2. The summed E-state index contributed by atoms with van der Waals surface area (Å²) in [7, 11) is 0. The Hall–Kier alpha value is -1.40.